The van der Waals surface area contributed by atoms with E-state index in [0.717, 1.165) is 38.2 Å². The van der Waals surface area contributed by atoms with Crippen molar-refractivity contribution in [1.82, 2.24) is 5.32 Å². The van der Waals surface area contributed by atoms with Crippen LogP contribution in [-0.2, 0) is 4.74 Å². The third-order valence-corrected chi connectivity index (χ3v) is 3.02. The third-order valence-electron chi connectivity index (χ3n) is 3.02. The molecule has 0 saturated heterocycles. The number of hydrogen-bond acceptors (Lipinski definition) is 2. The van der Waals surface area contributed by atoms with Gasteiger partial charge < -0.3 is 10.1 Å². The summed E-state index contributed by atoms with van der Waals surface area (Å²) in [6.07, 6.45) is 2.03. The Balaban J connectivity index is 2.61. The van der Waals surface area contributed by atoms with E-state index in [2.05, 4.69) is 12.2 Å². The first-order valence-corrected chi connectivity index (χ1v) is 6.76. The molecule has 1 rings (SSSR count). The summed E-state index contributed by atoms with van der Waals surface area (Å²) in [4.78, 5) is 0. The molecule has 1 aromatic carbocycles. The van der Waals surface area contributed by atoms with Crippen LogP contribution in [0.5, 0.6) is 0 Å². The molecule has 3 heteroatoms. The molecule has 0 saturated carbocycles. The minimum Gasteiger partial charge on any atom is -0.382 e. The molecule has 0 heterocycles. The number of nitrogens with one attached hydrogen (secondary N) is 1. The second-order valence-electron chi connectivity index (χ2n) is 4.46. The third kappa shape index (κ3) is 4.75. The van der Waals surface area contributed by atoms with Gasteiger partial charge in [-0.15, -0.1) is 0 Å². The summed E-state index contributed by atoms with van der Waals surface area (Å²) < 4.78 is 18.6. The van der Waals surface area contributed by atoms with Crippen LogP contribution in [0.25, 0.3) is 0 Å². The van der Waals surface area contributed by atoms with Crippen LogP contribution < -0.4 is 5.32 Å². The van der Waals surface area contributed by atoms with Gasteiger partial charge in [0.15, 0.2) is 0 Å². The zero-order chi connectivity index (χ0) is 13.4. The molecule has 0 aliphatic carbocycles. The number of halogens is 1. The number of ether oxygens (including phenoxy) is 1. The van der Waals surface area contributed by atoms with Crippen LogP contribution in [0.4, 0.5) is 4.39 Å². The molecular weight excluding hydrogens is 229 g/mol. The highest BCUT2D eigenvalue weighted by Gasteiger charge is 2.11. The minimum absolute atomic E-state index is 0.136. The molecule has 0 amide bonds. The summed E-state index contributed by atoms with van der Waals surface area (Å²) in [7, 11) is 0. The fraction of sp³-hybridized carbons (Fsp3) is 0.600. The van der Waals surface area contributed by atoms with Crippen LogP contribution in [0.2, 0.25) is 0 Å². The number of rotatable bonds is 8. The van der Waals surface area contributed by atoms with E-state index in [9.17, 15) is 4.39 Å². The Kier molecular flexibility index (Phi) is 6.91. The van der Waals surface area contributed by atoms with Crippen molar-refractivity contribution in [1.29, 1.82) is 0 Å². The van der Waals surface area contributed by atoms with Gasteiger partial charge in [0.2, 0.25) is 0 Å². The highest BCUT2D eigenvalue weighted by Crippen LogP contribution is 2.21. The maximum Gasteiger partial charge on any atom is 0.126 e. The Labute approximate surface area is 110 Å². The predicted molar refractivity (Wildman–Crippen MR) is 73.3 cm³/mol. The summed E-state index contributed by atoms with van der Waals surface area (Å²) in [5, 5.41) is 3.44. The van der Waals surface area contributed by atoms with E-state index >= 15 is 0 Å². The number of hydrogen-bond donors (Lipinski definition) is 1. The topological polar surface area (TPSA) is 21.3 Å². The Morgan fingerprint density at radius 3 is 2.72 bits per heavy atom. The molecule has 0 fully saturated rings. The van der Waals surface area contributed by atoms with E-state index in [4.69, 9.17) is 4.74 Å². The van der Waals surface area contributed by atoms with E-state index < -0.39 is 0 Å². The first-order chi connectivity index (χ1) is 8.69. The average Bonchev–Trinajstić information content (AvgIpc) is 2.37. The Bertz CT molecular complexity index is 354. The van der Waals surface area contributed by atoms with Crippen LogP contribution in [0.1, 0.15) is 43.9 Å². The fourth-order valence-electron chi connectivity index (χ4n) is 2.05. The molecule has 0 spiro atoms. The van der Waals surface area contributed by atoms with Crippen molar-refractivity contribution in [3.63, 3.8) is 0 Å². The SMILES string of the molecule is CCNC(CCCOCC)c1ccc(F)c(C)c1. The first-order valence-electron chi connectivity index (χ1n) is 6.76. The van der Waals surface area contributed by atoms with Crippen molar-refractivity contribution in [3.8, 4) is 0 Å². The molecule has 0 aromatic heterocycles. The molecule has 2 nitrogen and oxygen atoms in total. The lowest BCUT2D eigenvalue weighted by Crippen LogP contribution is -2.21. The molecule has 102 valence electrons. The van der Waals surface area contributed by atoms with Gasteiger partial charge in [-0.1, -0.05) is 19.1 Å². The maximum atomic E-state index is 13.3. The standard InChI is InChI=1S/C15H24FNO/c1-4-17-15(7-6-10-18-5-2)13-8-9-14(16)12(3)11-13/h8-9,11,15,17H,4-7,10H2,1-3H3. The summed E-state index contributed by atoms with van der Waals surface area (Å²) in [5.74, 6) is -0.136. The van der Waals surface area contributed by atoms with E-state index in [0.29, 0.717) is 5.56 Å². The first kappa shape index (κ1) is 15.1. The zero-order valence-electron chi connectivity index (χ0n) is 11.6. The summed E-state index contributed by atoms with van der Waals surface area (Å²) >= 11 is 0. The number of benzene rings is 1. The molecule has 0 aliphatic rings. The van der Waals surface area contributed by atoms with Gasteiger partial charge >= 0.3 is 0 Å². The summed E-state index contributed by atoms with van der Waals surface area (Å²) in [6.45, 7) is 8.37. The van der Waals surface area contributed by atoms with Crippen molar-refractivity contribution >= 4 is 0 Å². The Hall–Kier alpha value is -0.930. The van der Waals surface area contributed by atoms with Gasteiger partial charge in [0.25, 0.3) is 0 Å². The minimum atomic E-state index is -0.136. The quantitative estimate of drug-likeness (QED) is 0.715. The van der Waals surface area contributed by atoms with Crippen molar-refractivity contribution in [2.75, 3.05) is 19.8 Å². The van der Waals surface area contributed by atoms with Gasteiger partial charge in [0, 0.05) is 19.3 Å². The molecule has 18 heavy (non-hydrogen) atoms. The van der Waals surface area contributed by atoms with Gasteiger partial charge in [-0.2, -0.15) is 0 Å². The van der Waals surface area contributed by atoms with E-state index in [1.807, 2.05) is 26.0 Å². The van der Waals surface area contributed by atoms with E-state index in [1.54, 1.807) is 6.07 Å². The molecular formula is C15H24FNO. The molecule has 0 radical (unpaired) electrons. The van der Waals surface area contributed by atoms with Gasteiger partial charge in [0.05, 0.1) is 0 Å². The van der Waals surface area contributed by atoms with Crippen LogP contribution in [-0.4, -0.2) is 19.8 Å². The van der Waals surface area contributed by atoms with Crippen LogP contribution in [0, 0.1) is 12.7 Å². The van der Waals surface area contributed by atoms with E-state index in [1.165, 1.54) is 0 Å². The average molecular weight is 253 g/mol. The smallest absolute Gasteiger partial charge is 0.126 e. The Morgan fingerprint density at radius 1 is 1.33 bits per heavy atom. The Morgan fingerprint density at radius 2 is 2.11 bits per heavy atom. The van der Waals surface area contributed by atoms with Gasteiger partial charge in [-0.3, -0.25) is 0 Å². The van der Waals surface area contributed by atoms with Gasteiger partial charge in [-0.05, 0) is 50.4 Å². The second-order valence-corrected chi connectivity index (χ2v) is 4.46. The molecule has 0 aliphatic heterocycles. The second kappa shape index (κ2) is 8.22. The predicted octanol–water partition coefficient (Wildman–Crippen LogP) is 3.60. The normalized spacial score (nSPS) is 12.7. The van der Waals surface area contributed by atoms with Crippen molar-refractivity contribution in [2.24, 2.45) is 0 Å². The lowest BCUT2D eigenvalue weighted by Gasteiger charge is -2.19. The molecule has 0 bridgehead atoms. The highest BCUT2D eigenvalue weighted by atomic mass is 19.1. The lowest BCUT2D eigenvalue weighted by molar-refractivity contribution is 0.141. The fourth-order valence-corrected chi connectivity index (χ4v) is 2.05. The lowest BCUT2D eigenvalue weighted by atomic mass is 10.00. The maximum absolute atomic E-state index is 13.3. The highest BCUT2D eigenvalue weighted by molar-refractivity contribution is 5.26. The van der Waals surface area contributed by atoms with Crippen LogP contribution in [0.15, 0.2) is 18.2 Å². The largest absolute Gasteiger partial charge is 0.382 e. The molecule has 1 atom stereocenters. The van der Waals surface area contributed by atoms with E-state index in [-0.39, 0.29) is 11.9 Å². The monoisotopic (exact) mass is 253 g/mol. The van der Waals surface area contributed by atoms with Gasteiger partial charge in [0.1, 0.15) is 5.82 Å². The number of aryl methyl sites for hydroxylation is 1. The molecule has 1 unspecified atom stereocenters. The van der Waals surface area contributed by atoms with Crippen molar-refractivity contribution in [3.05, 3.63) is 35.1 Å². The van der Waals surface area contributed by atoms with Crippen LogP contribution >= 0.6 is 0 Å². The molecule has 1 aromatic rings. The zero-order valence-corrected chi connectivity index (χ0v) is 11.6. The van der Waals surface area contributed by atoms with Gasteiger partial charge in [-0.25, -0.2) is 4.39 Å². The summed E-state index contributed by atoms with van der Waals surface area (Å²) in [6, 6.07) is 5.65. The van der Waals surface area contributed by atoms with Crippen molar-refractivity contribution in [2.45, 2.75) is 39.7 Å². The van der Waals surface area contributed by atoms with Crippen LogP contribution in [0.3, 0.4) is 0 Å². The van der Waals surface area contributed by atoms with Crippen molar-refractivity contribution < 1.29 is 9.13 Å². The molecule has 1 N–H and O–H groups in total. The summed E-state index contributed by atoms with van der Waals surface area (Å²) in [5.41, 5.74) is 1.87.